The van der Waals surface area contributed by atoms with E-state index in [4.69, 9.17) is 9.97 Å². The van der Waals surface area contributed by atoms with Crippen LogP contribution < -0.4 is 10.2 Å². The number of carbonyl (C=O) groups excluding carboxylic acids is 2. The van der Waals surface area contributed by atoms with Crippen LogP contribution in [0.15, 0.2) is 67.4 Å². The molecule has 1 aliphatic heterocycles. The number of urea groups is 1. The van der Waals surface area contributed by atoms with Crippen molar-refractivity contribution in [1.82, 2.24) is 39.0 Å². The molecule has 1 saturated heterocycles. The minimum Gasteiger partial charge on any atom is -0.379 e. The molecule has 5 aromatic heterocycles. The molecule has 1 aromatic carbocycles. The van der Waals surface area contributed by atoms with Gasteiger partial charge in [-0.3, -0.25) is 24.3 Å². The average molecular weight is 639 g/mol. The predicted molar refractivity (Wildman–Crippen MR) is 181 cm³/mol. The van der Waals surface area contributed by atoms with Crippen molar-refractivity contribution in [2.24, 2.45) is 7.05 Å². The second kappa shape index (κ2) is 10.7. The van der Waals surface area contributed by atoms with Crippen molar-refractivity contribution in [1.29, 1.82) is 0 Å². The number of fused-ring (bicyclic) bond motifs is 2. The van der Waals surface area contributed by atoms with Gasteiger partial charge in [-0.15, -0.1) is 0 Å². The summed E-state index contributed by atoms with van der Waals surface area (Å²) in [5, 5.41) is 9.04. The van der Waals surface area contributed by atoms with Gasteiger partial charge in [0.05, 0.1) is 29.6 Å². The number of nitrogens with zero attached hydrogens (tertiary/aromatic N) is 9. The second-order valence-corrected chi connectivity index (χ2v) is 13.3. The van der Waals surface area contributed by atoms with Crippen molar-refractivity contribution in [2.45, 2.75) is 50.5 Å². The van der Waals surface area contributed by atoms with E-state index in [0.29, 0.717) is 23.8 Å². The van der Waals surface area contributed by atoms with E-state index in [0.717, 1.165) is 75.4 Å². The van der Waals surface area contributed by atoms with Crippen LogP contribution in [-0.4, -0.2) is 64.5 Å². The molecule has 12 nitrogen and oxygen atoms in total. The number of benzene rings is 1. The molecule has 6 aromatic rings. The molecule has 2 saturated carbocycles. The van der Waals surface area contributed by atoms with Crippen LogP contribution in [0.25, 0.3) is 27.7 Å². The Morgan fingerprint density at radius 3 is 2.58 bits per heavy atom. The van der Waals surface area contributed by atoms with Crippen LogP contribution >= 0.6 is 0 Å². The van der Waals surface area contributed by atoms with Gasteiger partial charge in [-0.05, 0) is 73.6 Å². The lowest BCUT2D eigenvalue weighted by Gasteiger charge is -2.17. The van der Waals surface area contributed by atoms with Gasteiger partial charge in [0.25, 0.3) is 0 Å². The predicted octanol–water partition coefficient (Wildman–Crippen LogP) is 5.54. The summed E-state index contributed by atoms with van der Waals surface area (Å²) in [5.41, 5.74) is 9.32. The number of likely N-dealkylation sites (N-methyl/N-ethyl adjacent to an activating group) is 1. The summed E-state index contributed by atoms with van der Waals surface area (Å²) in [4.78, 5) is 47.3. The first-order valence-corrected chi connectivity index (χ1v) is 16.4. The van der Waals surface area contributed by atoms with Crippen molar-refractivity contribution in [3.8, 4) is 11.1 Å². The van der Waals surface area contributed by atoms with E-state index in [1.165, 1.54) is 16.8 Å². The molecule has 48 heavy (non-hydrogen) atoms. The number of aromatic nitrogens is 7. The van der Waals surface area contributed by atoms with Crippen LogP contribution in [0.1, 0.15) is 65.5 Å². The molecule has 1 N–H and O–H groups in total. The Kier molecular flexibility index (Phi) is 6.36. The third kappa shape index (κ3) is 4.95. The fourth-order valence-electron chi connectivity index (χ4n) is 6.86. The quantitative estimate of drug-likeness (QED) is 0.216. The third-order valence-electron chi connectivity index (χ3n) is 9.76. The Bertz CT molecular complexity index is 2290. The Hall–Kier alpha value is -5.65. The van der Waals surface area contributed by atoms with E-state index < -0.39 is 0 Å². The highest BCUT2D eigenvalue weighted by atomic mass is 16.2. The highest BCUT2D eigenvalue weighted by molar-refractivity contribution is 6.13. The number of nitrogens with one attached hydrogen (secondary N) is 1. The zero-order valence-electron chi connectivity index (χ0n) is 27.0. The van der Waals surface area contributed by atoms with Crippen LogP contribution in [0.5, 0.6) is 0 Å². The molecule has 6 heterocycles. The monoisotopic (exact) mass is 638 g/mol. The summed E-state index contributed by atoms with van der Waals surface area (Å²) in [7, 11) is 3.45. The molecule has 3 aliphatic rings. The molecular weight excluding hydrogens is 604 g/mol. The summed E-state index contributed by atoms with van der Waals surface area (Å²) in [6.45, 7) is 2.49. The normalized spacial score (nSPS) is 19.2. The maximum absolute atomic E-state index is 12.9. The summed E-state index contributed by atoms with van der Waals surface area (Å²) in [6, 6.07) is 12.1. The van der Waals surface area contributed by atoms with Crippen LogP contribution in [0, 0.1) is 6.92 Å². The van der Waals surface area contributed by atoms with E-state index in [1.807, 2.05) is 60.0 Å². The molecule has 3 amide bonds. The molecule has 0 spiro atoms. The van der Waals surface area contributed by atoms with Crippen molar-refractivity contribution in [3.05, 3.63) is 95.9 Å². The van der Waals surface area contributed by atoms with E-state index in [-0.39, 0.29) is 30.3 Å². The molecule has 0 radical (unpaired) electrons. The summed E-state index contributed by atoms with van der Waals surface area (Å²) in [5.74, 6) is 1.66. The van der Waals surface area contributed by atoms with E-state index in [2.05, 4.69) is 50.8 Å². The van der Waals surface area contributed by atoms with Gasteiger partial charge in [0.2, 0.25) is 5.91 Å². The van der Waals surface area contributed by atoms with Gasteiger partial charge in [-0.2, -0.15) is 5.10 Å². The first-order chi connectivity index (χ1) is 23.3. The number of imide groups is 1. The molecule has 12 heteroatoms. The van der Waals surface area contributed by atoms with Crippen LogP contribution in [0.4, 0.5) is 16.2 Å². The number of carbonyl (C=O) groups is 2. The summed E-state index contributed by atoms with van der Waals surface area (Å²) < 4.78 is 3.82. The first kappa shape index (κ1) is 28.6. The van der Waals surface area contributed by atoms with Gasteiger partial charge in [-0.25, -0.2) is 19.7 Å². The zero-order valence-corrected chi connectivity index (χ0v) is 27.0. The Morgan fingerprint density at radius 1 is 0.958 bits per heavy atom. The number of imidazole rings is 1. The van der Waals surface area contributed by atoms with Crippen LogP contribution in [-0.2, 0) is 18.4 Å². The van der Waals surface area contributed by atoms with Gasteiger partial charge in [-0.1, -0.05) is 6.07 Å². The van der Waals surface area contributed by atoms with Crippen molar-refractivity contribution < 1.29 is 9.59 Å². The third-order valence-corrected chi connectivity index (χ3v) is 9.76. The van der Waals surface area contributed by atoms with Crippen molar-refractivity contribution >= 4 is 39.9 Å². The van der Waals surface area contributed by atoms with Crippen molar-refractivity contribution in [3.63, 3.8) is 0 Å². The Morgan fingerprint density at radius 2 is 1.83 bits per heavy atom. The number of anilines is 2. The Labute approximate surface area is 276 Å². The minimum absolute atomic E-state index is 0.0201. The molecule has 0 unspecified atom stereocenters. The first-order valence-electron chi connectivity index (χ1n) is 16.4. The van der Waals surface area contributed by atoms with E-state index in [9.17, 15) is 9.59 Å². The molecule has 0 bridgehead atoms. The fourth-order valence-corrected chi connectivity index (χ4v) is 6.86. The summed E-state index contributed by atoms with van der Waals surface area (Å²) >= 11 is 0. The highest BCUT2D eigenvalue weighted by Gasteiger charge is 2.43. The molecule has 3 fully saturated rings. The van der Waals surface area contributed by atoms with Gasteiger partial charge in [0.15, 0.2) is 5.65 Å². The lowest BCUT2D eigenvalue weighted by molar-refractivity contribution is -0.123. The lowest BCUT2D eigenvalue weighted by atomic mass is 10.0. The van der Waals surface area contributed by atoms with Gasteiger partial charge in [0, 0.05) is 78.7 Å². The maximum Gasteiger partial charge on any atom is 0.331 e. The summed E-state index contributed by atoms with van der Waals surface area (Å²) in [6.07, 6.45) is 13.1. The van der Waals surface area contributed by atoms with Crippen LogP contribution in [0.2, 0.25) is 0 Å². The molecule has 2 atom stereocenters. The minimum atomic E-state index is -0.324. The topological polar surface area (TPSA) is 126 Å². The van der Waals surface area contributed by atoms with E-state index in [1.54, 1.807) is 0 Å². The lowest BCUT2D eigenvalue weighted by Crippen LogP contribution is -2.30. The highest BCUT2D eigenvalue weighted by Crippen LogP contribution is 2.54. The number of rotatable bonds is 8. The number of aryl methyl sites for hydroxylation is 2. The fraction of sp³-hybridized carbons (Fsp3) is 0.306. The van der Waals surface area contributed by atoms with Gasteiger partial charge < -0.3 is 9.72 Å². The maximum atomic E-state index is 12.9. The zero-order chi connectivity index (χ0) is 32.7. The van der Waals surface area contributed by atoms with Crippen molar-refractivity contribution in [2.75, 3.05) is 23.8 Å². The number of hydrogen-bond acceptors (Lipinski definition) is 8. The molecular formula is C36H34N10O2. The molecule has 2 aliphatic carbocycles. The number of pyridine rings is 2. The van der Waals surface area contributed by atoms with E-state index >= 15 is 0 Å². The molecule has 240 valence electrons. The second-order valence-electron chi connectivity index (χ2n) is 13.3. The Balaban J connectivity index is 1.03. The van der Waals surface area contributed by atoms with Crippen LogP contribution in [0.3, 0.4) is 0 Å². The smallest absolute Gasteiger partial charge is 0.331 e. The number of hydrogen-bond donors (Lipinski definition) is 1. The SMILES string of the molecule is Cc1ccnc([C@H]2C[C@@H]2c2cc(-c3cnn(C)c3)c3ccc(NCc4cn5cc(C6CC6)cc(N6CC(=O)N(C)C6=O)c5n4)cc3n2)n1. The standard InChI is InChI=1S/C36H34N10O2/c1-20-8-9-37-34(40-20)29-12-28(29)31-13-27(23-14-39-43(2)16-23)26-7-6-24(11-30(26)42-31)38-15-25-18-45-17-22(21-4-5-21)10-32(35(45)41-25)46-19-33(47)44(3)36(46)48/h6-11,13-14,16-18,21,28-29,38H,4-5,12,15,19H2,1-3H3/t28-,29-/m0/s1. The van der Waals surface area contributed by atoms with Gasteiger partial charge >= 0.3 is 6.03 Å². The number of amides is 3. The molecule has 9 rings (SSSR count). The average Bonchev–Trinajstić information content (AvgIpc) is 3.99. The largest absolute Gasteiger partial charge is 0.379 e. The van der Waals surface area contributed by atoms with Gasteiger partial charge in [0.1, 0.15) is 12.4 Å².